The first-order valence-corrected chi connectivity index (χ1v) is 20.0. The molecule has 0 bridgehead atoms. The first-order valence-electron chi connectivity index (χ1n) is 19.1. The maximum absolute atomic E-state index is 6.85. The van der Waals surface area contributed by atoms with Crippen LogP contribution in [0.2, 0.25) is 0 Å². The van der Waals surface area contributed by atoms with Gasteiger partial charge in [0.15, 0.2) is 0 Å². The molecule has 0 aliphatic carbocycles. The zero-order valence-corrected chi connectivity index (χ0v) is 31.1. The van der Waals surface area contributed by atoms with Crippen LogP contribution in [0, 0.1) is 0 Å². The van der Waals surface area contributed by atoms with Crippen molar-refractivity contribution in [3.05, 3.63) is 194 Å². The fourth-order valence-corrected chi connectivity index (χ4v) is 10.1. The van der Waals surface area contributed by atoms with Crippen LogP contribution in [0.3, 0.4) is 0 Å². The van der Waals surface area contributed by atoms with Gasteiger partial charge in [-0.15, -0.1) is 11.3 Å². The van der Waals surface area contributed by atoms with E-state index in [1.165, 1.54) is 85.9 Å². The van der Waals surface area contributed by atoms with Crippen molar-refractivity contribution in [2.24, 2.45) is 0 Å². The molecule has 0 atom stereocenters. The number of para-hydroxylation sites is 1. The van der Waals surface area contributed by atoms with E-state index in [2.05, 4.69) is 194 Å². The van der Waals surface area contributed by atoms with Gasteiger partial charge in [0.25, 0.3) is 0 Å². The molecule has 12 aromatic rings. The predicted molar refractivity (Wildman–Crippen MR) is 241 cm³/mol. The number of rotatable bonds is 4. The van der Waals surface area contributed by atoms with Crippen LogP contribution in [-0.4, -0.2) is 0 Å². The molecule has 0 saturated carbocycles. The molecule has 0 aliphatic rings. The number of fused-ring (bicyclic) bond motifs is 10. The highest BCUT2D eigenvalue weighted by Crippen LogP contribution is 2.47. The number of benzene rings is 10. The van der Waals surface area contributed by atoms with Gasteiger partial charge in [-0.3, -0.25) is 0 Å². The first kappa shape index (κ1) is 31.4. The number of hydrogen-bond acceptors (Lipinski definition) is 2. The molecule has 56 heavy (non-hydrogen) atoms. The minimum atomic E-state index is 0.897. The molecule has 0 spiro atoms. The molecular formula is C54H32OS. The summed E-state index contributed by atoms with van der Waals surface area (Å²) in [7, 11) is 0. The Labute approximate surface area is 327 Å². The standard InChI is InChI=1S/C54H32OS/c1-2-10-33(11-3-1)36-21-22-38-29-39(25-23-37(38)28-36)48-31-41(32-49-45-14-7-9-17-51(45)56-54(48)49)43-26-27-44(53-52(43)46-15-6-8-16-50(46)55-53)40-24-20-35-19-18-34-12-4-5-13-42(34)47(35)30-40/h1-32H. The average Bonchev–Trinajstić information content (AvgIpc) is 3.85. The van der Waals surface area contributed by atoms with Gasteiger partial charge in [-0.05, 0) is 114 Å². The maximum Gasteiger partial charge on any atom is 0.143 e. The fraction of sp³-hybridized carbons (Fsp3) is 0. The lowest BCUT2D eigenvalue weighted by Gasteiger charge is -2.13. The molecule has 0 N–H and O–H groups in total. The number of hydrogen-bond donors (Lipinski definition) is 0. The van der Waals surface area contributed by atoms with Gasteiger partial charge in [0.1, 0.15) is 11.2 Å². The molecule has 10 aromatic carbocycles. The molecule has 0 fully saturated rings. The van der Waals surface area contributed by atoms with Crippen LogP contribution in [0.4, 0.5) is 0 Å². The molecule has 0 radical (unpaired) electrons. The van der Waals surface area contributed by atoms with Crippen LogP contribution in [-0.2, 0) is 0 Å². The lowest BCUT2D eigenvalue weighted by molar-refractivity contribution is 0.670. The summed E-state index contributed by atoms with van der Waals surface area (Å²) in [6, 6.07) is 71.0. The molecule has 0 amide bonds. The summed E-state index contributed by atoms with van der Waals surface area (Å²) in [5, 5.41) is 12.3. The first-order chi connectivity index (χ1) is 27.7. The molecule has 0 unspecified atom stereocenters. The lowest BCUT2D eigenvalue weighted by atomic mass is 9.90. The second-order valence-electron chi connectivity index (χ2n) is 14.8. The summed E-state index contributed by atoms with van der Waals surface area (Å²) in [4.78, 5) is 0. The smallest absolute Gasteiger partial charge is 0.143 e. The van der Waals surface area contributed by atoms with E-state index in [4.69, 9.17) is 4.42 Å². The van der Waals surface area contributed by atoms with Crippen molar-refractivity contribution in [2.75, 3.05) is 0 Å². The van der Waals surface area contributed by atoms with Crippen molar-refractivity contribution >= 4 is 85.8 Å². The predicted octanol–water partition coefficient (Wildman–Crippen LogP) is 16.1. The van der Waals surface area contributed by atoms with E-state index in [0.29, 0.717) is 0 Å². The normalized spacial score (nSPS) is 11.9. The molecule has 12 rings (SSSR count). The highest BCUT2D eigenvalue weighted by molar-refractivity contribution is 7.26. The third kappa shape index (κ3) is 4.86. The largest absolute Gasteiger partial charge is 0.455 e. The van der Waals surface area contributed by atoms with Gasteiger partial charge < -0.3 is 4.42 Å². The summed E-state index contributed by atoms with van der Waals surface area (Å²) >= 11 is 1.88. The van der Waals surface area contributed by atoms with E-state index in [1.54, 1.807) is 0 Å². The summed E-state index contributed by atoms with van der Waals surface area (Å²) in [5.41, 5.74) is 11.4. The Hall–Kier alpha value is -7.00. The van der Waals surface area contributed by atoms with Gasteiger partial charge in [-0.1, -0.05) is 146 Å². The third-order valence-electron chi connectivity index (χ3n) is 11.6. The molecule has 2 heterocycles. The molecule has 0 aliphatic heterocycles. The Morgan fingerprint density at radius 1 is 0.321 bits per heavy atom. The number of furan rings is 1. The molecule has 2 aromatic heterocycles. The summed E-state index contributed by atoms with van der Waals surface area (Å²) in [6.07, 6.45) is 0. The van der Waals surface area contributed by atoms with Crippen LogP contribution in [0.15, 0.2) is 199 Å². The van der Waals surface area contributed by atoms with Crippen molar-refractivity contribution in [1.29, 1.82) is 0 Å². The topological polar surface area (TPSA) is 13.1 Å². The molecular weight excluding hydrogens is 697 g/mol. The van der Waals surface area contributed by atoms with E-state index < -0.39 is 0 Å². The SMILES string of the molecule is c1ccc(-c2ccc3cc(-c4cc(-c5ccc(-c6ccc7ccc8ccccc8c7c6)c6oc7ccccc7c56)cc5c4sc4ccccc45)ccc3c2)cc1. The Morgan fingerprint density at radius 3 is 1.79 bits per heavy atom. The second-order valence-corrected chi connectivity index (χ2v) is 15.9. The minimum absolute atomic E-state index is 0.897. The van der Waals surface area contributed by atoms with Gasteiger partial charge in [0.2, 0.25) is 0 Å². The maximum atomic E-state index is 6.85. The van der Waals surface area contributed by atoms with Crippen molar-refractivity contribution in [3.8, 4) is 44.5 Å². The van der Waals surface area contributed by atoms with E-state index in [0.717, 1.165) is 33.1 Å². The van der Waals surface area contributed by atoms with Gasteiger partial charge >= 0.3 is 0 Å². The fourth-order valence-electron chi connectivity index (χ4n) is 8.89. The Balaban J connectivity index is 1.09. The molecule has 260 valence electrons. The zero-order chi connectivity index (χ0) is 36.7. The van der Waals surface area contributed by atoms with Gasteiger partial charge in [0, 0.05) is 42.1 Å². The van der Waals surface area contributed by atoms with Crippen LogP contribution in [0.25, 0.3) is 119 Å². The van der Waals surface area contributed by atoms with E-state index in [1.807, 2.05) is 11.3 Å². The monoisotopic (exact) mass is 728 g/mol. The lowest BCUT2D eigenvalue weighted by Crippen LogP contribution is -1.87. The minimum Gasteiger partial charge on any atom is -0.455 e. The highest BCUT2D eigenvalue weighted by atomic mass is 32.1. The van der Waals surface area contributed by atoms with Crippen LogP contribution in [0.1, 0.15) is 0 Å². The van der Waals surface area contributed by atoms with Crippen LogP contribution < -0.4 is 0 Å². The van der Waals surface area contributed by atoms with Crippen LogP contribution in [0.5, 0.6) is 0 Å². The van der Waals surface area contributed by atoms with Gasteiger partial charge in [-0.2, -0.15) is 0 Å². The third-order valence-corrected chi connectivity index (χ3v) is 12.9. The summed E-state index contributed by atoms with van der Waals surface area (Å²) in [5.74, 6) is 0. The zero-order valence-electron chi connectivity index (χ0n) is 30.3. The Morgan fingerprint density at radius 2 is 0.929 bits per heavy atom. The average molecular weight is 729 g/mol. The van der Waals surface area contributed by atoms with Crippen molar-refractivity contribution in [3.63, 3.8) is 0 Å². The van der Waals surface area contributed by atoms with E-state index in [-0.39, 0.29) is 0 Å². The molecule has 1 nitrogen and oxygen atoms in total. The summed E-state index contributed by atoms with van der Waals surface area (Å²) < 4.78 is 9.46. The van der Waals surface area contributed by atoms with Crippen molar-refractivity contribution in [2.45, 2.75) is 0 Å². The highest BCUT2D eigenvalue weighted by Gasteiger charge is 2.20. The summed E-state index contributed by atoms with van der Waals surface area (Å²) in [6.45, 7) is 0. The molecule has 2 heteroatoms. The Kier molecular flexibility index (Phi) is 6.87. The number of thiophene rings is 1. The van der Waals surface area contributed by atoms with E-state index >= 15 is 0 Å². The quantitative estimate of drug-likeness (QED) is 0.165. The van der Waals surface area contributed by atoms with Gasteiger partial charge in [0.05, 0.1) is 0 Å². The second kappa shape index (κ2) is 12.3. The van der Waals surface area contributed by atoms with Crippen LogP contribution >= 0.6 is 11.3 Å². The van der Waals surface area contributed by atoms with E-state index in [9.17, 15) is 0 Å². The van der Waals surface area contributed by atoms with Crippen molar-refractivity contribution < 1.29 is 4.42 Å². The molecule has 0 saturated heterocycles. The Bertz CT molecular complexity index is 3530. The van der Waals surface area contributed by atoms with Gasteiger partial charge in [-0.25, -0.2) is 0 Å². The van der Waals surface area contributed by atoms with Crippen molar-refractivity contribution in [1.82, 2.24) is 0 Å².